The predicted molar refractivity (Wildman–Crippen MR) is 133 cm³/mol. The number of rotatable bonds is 0. The molecule has 10 unspecified atom stereocenters. The highest BCUT2D eigenvalue weighted by Gasteiger charge is 2.66. The van der Waals surface area contributed by atoms with Gasteiger partial charge in [0, 0.05) is 0 Å². The van der Waals surface area contributed by atoms with E-state index in [4.69, 9.17) is 0 Å². The Hall–Kier alpha value is -0.300. The second-order valence-corrected chi connectivity index (χ2v) is 13.4. The maximum atomic E-state index is 10.6. The van der Waals surface area contributed by atoms with Crippen molar-refractivity contribution in [2.75, 3.05) is 0 Å². The first-order valence-electron chi connectivity index (χ1n) is 13.9. The first-order chi connectivity index (χ1) is 14.6. The molecule has 0 heterocycles. The smallest absolute Gasteiger partial charge is 0.0568 e. The van der Waals surface area contributed by atoms with Gasteiger partial charge < -0.3 is 5.11 Å². The molecule has 1 nitrogen and oxygen atoms in total. The van der Waals surface area contributed by atoms with Gasteiger partial charge in [-0.25, -0.2) is 0 Å². The Morgan fingerprint density at radius 1 is 0.871 bits per heavy atom. The lowest BCUT2D eigenvalue weighted by Gasteiger charge is -2.70. The van der Waals surface area contributed by atoms with E-state index >= 15 is 0 Å². The summed E-state index contributed by atoms with van der Waals surface area (Å²) in [4.78, 5) is 0. The second-order valence-electron chi connectivity index (χ2n) is 13.4. The van der Waals surface area contributed by atoms with Crippen LogP contribution in [0.2, 0.25) is 0 Å². The van der Waals surface area contributed by atoms with Crippen LogP contribution in [-0.2, 0) is 0 Å². The number of allylic oxidation sites excluding steroid dienone is 2. The van der Waals surface area contributed by atoms with Crippen molar-refractivity contribution >= 4 is 0 Å². The lowest BCUT2D eigenvalue weighted by atomic mass is 9.35. The third-order valence-corrected chi connectivity index (χ3v) is 12.3. The van der Waals surface area contributed by atoms with E-state index in [-0.39, 0.29) is 6.10 Å². The molecule has 4 saturated carbocycles. The van der Waals surface area contributed by atoms with Gasteiger partial charge in [0.15, 0.2) is 0 Å². The molecule has 5 aliphatic carbocycles. The van der Waals surface area contributed by atoms with E-state index in [1.54, 1.807) is 0 Å². The van der Waals surface area contributed by atoms with Gasteiger partial charge in [0.1, 0.15) is 0 Å². The summed E-state index contributed by atoms with van der Waals surface area (Å²) < 4.78 is 0. The summed E-state index contributed by atoms with van der Waals surface area (Å²) in [6.07, 6.45) is 16.2. The van der Waals surface area contributed by atoms with Crippen molar-refractivity contribution in [3.05, 3.63) is 11.6 Å². The zero-order chi connectivity index (χ0) is 22.8. The molecule has 1 N–H and O–H groups in total. The van der Waals surface area contributed by atoms with Gasteiger partial charge in [-0.15, -0.1) is 0 Å². The van der Waals surface area contributed by atoms with Crippen molar-refractivity contribution in [2.45, 2.75) is 126 Å². The highest BCUT2D eigenvalue weighted by molar-refractivity contribution is 5.33. The topological polar surface area (TPSA) is 20.2 Å². The van der Waals surface area contributed by atoms with E-state index in [1.807, 2.05) is 19.4 Å². The highest BCUT2D eigenvalue weighted by Crippen LogP contribution is 2.74. The minimum absolute atomic E-state index is 0.0678. The molecule has 5 rings (SSSR count). The lowest BCUT2D eigenvalue weighted by Crippen LogP contribution is -2.62. The molecule has 0 aliphatic heterocycles. The fourth-order valence-corrected chi connectivity index (χ4v) is 10.00. The number of aliphatic hydroxyl groups excluding tert-OH is 1. The first kappa shape index (κ1) is 23.8. The summed E-state index contributed by atoms with van der Waals surface area (Å²) in [5, 5.41) is 10.6. The van der Waals surface area contributed by atoms with Crippen LogP contribution in [0.5, 0.6) is 0 Å². The average Bonchev–Trinajstić information content (AvgIpc) is 2.74. The van der Waals surface area contributed by atoms with Crippen molar-refractivity contribution in [1.82, 2.24) is 0 Å². The van der Waals surface area contributed by atoms with Crippen LogP contribution < -0.4 is 0 Å². The van der Waals surface area contributed by atoms with Crippen molar-refractivity contribution in [2.24, 2.45) is 51.2 Å². The van der Waals surface area contributed by atoms with Crippen LogP contribution in [0, 0.1) is 51.2 Å². The first-order valence-corrected chi connectivity index (χ1v) is 13.9. The van der Waals surface area contributed by atoms with Crippen LogP contribution in [0.25, 0.3) is 0 Å². The van der Waals surface area contributed by atoms with Crippen LogP contribution in [0.4, 0.5) is 0 Å². The summed E-state index contributed by atoms with van der Waals surface area (Å²) in [7, 11) is 0. The summed E-state index contributed by atoms with van der Waals surface area (Å²) in [6.45, 7) is 19.5. The Bertz CT molecular complexity index is 709. The SMILES string of the molecule is CC.CC1CCC2(C)CCC3(C)C(=CCC4C5(C)CCC(O)C(C)C5CCC43C)C2C1. The van der Waals surface area contributed by atoms with Gasteiger partial charge in [0.2, 0.25) is 0 Å². The Morgan fingerprint density at radius 3 is 2.29 bits per heavy atom. The van der Waals surface area contributed by atoms with Crippen molar-refractivity contribution in [3.63, 3.8) is 0 Å². The number of fused-ring (bicyclic) bond motifs is 7. The largest absolute Gasteiger partial charge is 0.393 e. The van der Waals surface area contributed by atoms with Gasteiger partial charge >= 0.3 is 0 Å². The second kappa shape index (κ2) is 7.89. The van der Waals surface area contributed by atoms with E-state index in [0.29, 0.717) is 33.5 Å². The number of aliphatic hydroxyl groups is 1. The quantitative estimate of drug-likeness (QED) is 0.384. The van der Waals surface area contributed by atoms with E-state index in [0.717, 1.165) is 24.2 Å². The van der Waals surface area contributed by atoms with Crippen molar-refractivity contribution in [3.8, 4) is 0 Å². The van der Waals surface area contributed by atoms with Crippen LogP contribution >= 0.6 is 0 Å². The van der Waals surface area contributed by atoms with Gasteiger partial charge in [-0.2, -0.15) is 0 Å². The fraction of sp³-hybridized carbons (Fsp3) is 0.933. The summed E-state index contributed by atoms with van der Waals surface area (Å²) >= 11 is 0. The maximum absolute atomic E-state index is 10.6. The van der Waals surface area contributed by atoms with Crippen LogP contribution in [0.1, 0.15) is 120 Å². The van der Waals surface area contributed by atoms with E-state index in [9.17, 15) is 5.11 Å². The highest BCUT2D eigenvalue weighted by atomic mass is 16.3. The summed E-state index contributed by atoms with van der Waals surface area (Å²) in [5.41, 5.74) is 3.70. The molecule has 4 fully saturated rings. The Labute approximate surface area is 193 Å². The lowest BCUT2D eigenvalue weighted by molar-refractivity contribution is -0.178. The minimum atomic E-state index is -0.0678. The summed E-state index contributed by atoms with van der Waals surface area (Å²) in [6, 6.07) is 0. The molecular weight excluding hydrogens is 376 g/mol. The molecule has 0 bridgehead atoms. The standard InChI is InChI=1S/C28H46O.C2H6/c1-18-9-12-25(3)15-16-27(5)21(22(25)17-18)7-8-24-26(4)13-11-23(29)19(2)20(26)10-14-28(24,27)6;1-2/h7,18-20,22-24,29H,8-17H2,1-6H3;1-2H3. The number of hydrogen-bond acceptors (Lipinski definition) is 1. The van der Waals surface area contributed by atoms with Crippen molar-refractivity contribution in [1.29, 1.82) is 0 Å². The average molecular weight is 429 g/mol. The fourth-order valence-electron chi connectivity index (χ4n) is 10.00. The van der Waals surface area contributed by atoms with Crippen LogP contribution in [0.15, 0.2) is 11.6 Å². The minimum Gasteiger partial charge on any atom is -0.393 e. The third kappa shape index (κ3) is 3.18. The van der Waals surface area contributed by atoms with Gasteiger partial charge in [0.05, 0.1) is 6.10 Å². The van der Waals surface area contributed by atoms with Crippen LogP contribution in [0.3, 0.4) is 0 Å². The molecule has 1 heteroatoms. The number of hydrogen-bond donors (Lipinski definition) is 1. The Kier molecular flexibility index (Phi) is 6.07. The predicted octanol–water partition coefficient (Wildman–Crippen LogP) is 8.41. The van der Waals surface area contributed by atoms with E-state index < -0.39 is 0 Å². The van der Waals surface area contributed by atoms with Crippen molar-refractivity contribution < 1.29 is 5.11 Å². The maximum Gasteiger partial charge on any atom is 0.0568 e. The van der Waals surface area contributed by atoms with Gasteiger partial charge in [-0.1, -0.05) is 73.5 Å². The van der Waals surface area contributed by atoms with Gasteiger partial charge in [-0.3, -0.25) is 0 Å². The molecule has 31 heavy (non-hydrogen) atoms. The molecule has 0 aromatic rings. The molecule has 0 spiro atoms. The monoisotopic (exact) mass is 428 g/mol. The zero-order valence-electron chi connectivity index (χ0n) is 22.1. The van der Waals surface area contributed by atoms with Crippen LogP contribution in [-0.4, -0.2) is 11.2 Å². The molecule has 0 amide bonds. The molecule has 0 aromatic heterocycles. The summed E-state index contributed by atoms with van der Waals surface area (Å²) in [5.74, 6) is 3.72. The van der Waals surface area contributed by atoms with Gasteiger partial charge in [-0.05, 0) is 109 Å². The Balaban J connectivity index is 0.00000112. The van der Waals surface area contributed by atoms with E-state index in [1.165, 1.54) is 57.8 Å². The normalized spacial score (nSPS) is 56.0. The molecular formula is C30H52O. The molecule has 178 valence electrons. The Morgan fingerprint density at radius 2 is 1.58 bits per heavy atom. The molecule has 0 radical (unpaired) electrons. The zero-order valence-corrected chi connectivity index (χ0v) is 22.1. The third-order valence-electron chi connectivity index (χ3n) is 12.3. The molecule has 10 atom stereocenters. The molecule has 0 aromatic carbocycles. The van der Waals surface area contributed by atoms with Gasteiger partial charge in [0.25, 0.3) is 0 Å². The van der Waals surface area contributed by atoms with E-state index in [2.05, 4.69) is 47.6 Å². The molecule has 5 aliphatic rings. The molecule has 0 saturated heterocycles.